The van der Waals surface area contributed by atoms with E-state index in [-0.39, 0.29) is 16.9 Å². The predicted molar refractivity (Wildman–Crippen MR) is 115 cm³/mol. The van der Waals surface area contributed by atoms with Crippen LogP contribution in [0.15, 0.2) is 65.6 Å². The zero-order chi connectivity index (χ0) is 20.5. The lowest BCUT2D eigenvalue weighted by atomic mass is 10.1. The highest BCUT2D eigenvalue weighted by atomic mass is 16.2. The smallest absolute Gasteiger partial charge is 0.263 e. The number of nitrogens with one attached hydrogen (secondary N) is 1. The summed E-state index contributed by atoms with van der Waals surface area (Å²) < 4.78 is 1.70. The largest absolute Gasteiger partial charge is 0.345 e. The number of aromatic amines is 1. The van der Waals surface area contributed by atoms with Crippen molar-refractivity contribution in [3.05, 3.63) is 87.8 Å². The van der Waals surface area contributed by atoms with Crippen LogP contribution in [0.4, 0.5) is 5.69 Å². The first kappa shape index (κ1) is 18.7. The Morgan fingerprint density at radius 2 is 1.76 bits per heavy atom. The van der Waals surface area contributed by atoms with Gasteiger partial charge in [-0.05, 0) is 45.0 Å². The zero-order valence-electron chi connectivity index (χ0n) is 16.6. The lowest BCUT2D eigenvalue weighted by Gasteiger charge is -2.20. The van der Waals surface area contributed by atoms with Crippen molar-refractivity contribution in [1.29, 1.82) is 0 Å². The summed E-state index contributed by atoms with van der Waals surface area (Å²) in [5, 5.41) is 4.97. The highest BCUT2D eigenvalue weighted by molar-refractivity contribution is 6.07. The maximum Gasteiger partial charge on any atom is 0.263 e. The van der Waals surface area contributed by atoms with Gasteiger partial charge in [0.05, 0.1) is 16.8 Å². The maximum absolute atomic E-state index is 13.2. The van der Waals surface area contributed by atoms with Crippen molar-refractivity contribution in [3.8, 4) is 5.69 Å². The van der Waals surface area contributed by atoms with Gasteiger partial charge < -0.3 is 9.88 Å². The number of hydrogen-bond donors (Lipinski definition) is 1. The van der Waals surface area contributed by atoms with Crippen molar-refractivity contribution < 1.29 is 4.79 Å². The molecule has 0 aliphatic heterocycles. The maximum atomic E-state index is 13.2. The number of carbonyl (C=O) groups is 1. The van der Waals surface area contributed by atoms with E-state index in [2.05, 4.69) is 10.1 Å². The van der Waals surface area contributed by atoms with E-state index in [1.54, 1.807) is 16.5 Å². The van der Waals surface area contributed by atoms with Gasteiger partial charge in [0, 0.05) is 18.4 Å². The average molecular weight is 386 g/mol. The van der Waals surface area contributed by atoms with Crippen LogP contribution in [0.25, 0.3) is 16.7 Å². The van der Waals surface area contributed by atoms with Crippen LogP contribution in [0.2, 0.25) is 0 Å². The van der Waals surface area contributed by atoms with Crippen LogP contribution >= 0.6 is 0 Å². The van der Waals surface area contributed by atoms with Crippen LogP contribution in [0.3, 0.4) is 0 Å². The molecule has 0 aliphatic rings. The minimum absolute atomic E-state index is 0.106. The molecule has 146 valence electrons. The van der Waals surface area contributed by atoms with Gasteiger partial charge in [-0.3, -0.25) is 9.59 Å². The van der Waals surface area contributed by atoms with Gasteiger partial charge in [-0.15, -0.1) is 0 Å². The van der Waals surface area contributed by atoms with Crippen LogP contribution in [0.5, 0.6) is 0 Å². The molecular weight excluding hydrogens is 364 g/mol. The first-order valence-electron chi connectivity index (χ1n) is 9.56. The molecule has 4 aromatic rings. The van der Waals surface area contributed by atoms with Crippen LogP contribution in [0, 0.1) is 13.8 Å². The number of benzene rings is 2. The number of para-hydroxylation sites is 1. The first-order chi connectivity index (χ1) is 14.0. The molecule has 2 aromatic carbocycles. The van der Waals surface area contributed by atoms with Crippen molar-refractivity contribution in [1.82, 2.24) is 14.8 Å². The summed E-state index contributed by atoms with van der Waals surface area (Å²) in [7, 11) is 0. The topological polar surface area (TPSA) is 71.0 Å². The van der Waals surface area contributed by atoms with E-state index in [1.807, 2.05) is 68.4 Å². The van der Waals surface area contributed by atoms with Gasteiger partial charge in [0.25, 0.3) is 5.91 Å². The number of rotatable bonds is 4. The molecule has 0 fully saturated rings. The molecule has 0 saturated heterocycles. The van der Waals surface area contributed by atoms with Crippen molar-refractivity contribution in [3.63, 3.8) is 0 Å². The zero-order valence-corrected chi connectivity index (χ0v) is 16.6. The number of fused-ring (bicyclic) bond motifs is 1. The Morgan fingerprint density at radius 3 is 2.41 bits per heavy atom. The summed E-state index contributed by atoms with van der Waals surface area (Å²) in [4.78, 5) is 31.1. The monoisotopic (exact) mass is 386 g/mol. The number of anilines is 1. The molecule has 6 heteroatoms. The van der Waals surface area contributed by atoms with E-state index in [1.165, 1.54) is 6.20 Å². The van der Waals surface area contributed by atoms with Gasteiger partial charge in [0.1, 0.15) is 11.2 Å². The highest BCUT2D eigenvalue weighted by Gasteiger charge is 2.23. The normalized spacial score (nSPS) is 11.0. The van der Waals surface area contributed by atoms with E-state index in [9.17, 15) is 9.59 Å². The third-order valence-corrected chi connectivity index (χ3v) is 5.02. The molecule has 2 aromatic heterocycles. The fourth-order valence-electron chi connectivity index (χ4n) is 3.50. The van der Waals surface area contributed by atoms with Gasteiger partial charge in [0.15, 0.2) is 0 Å². The Bertz CT molecular complexity index is 1240. The number of pyridine rings is 1. The van der Waals surface area contributed by atoms with E-state index >= 15 is 0 Å². The predicted octanol–water partition coefficient (Wildman–Crippen LogP) is 4.00. The second-order valence-corrected chi connectivity index (χ2v) is 6.97. The van der Waals surface area contributed by atoms with E-state index < -0.39 is 0 Å². The van der Waals surface area contributed by atoms with E-state index in [0.717, 1.165) is 16.9 Å². The Morgan fingerprint density at radius 1 is 1.07 bits per heavy atom. The van der Waals surface area contributed by atoms with Crippen molar-refractivity contribution >= 4 is 22.6 Å². The number of aryl methyl sites for hydroxylation is 2. The lowest BCUT2D eigenvalue weighted by Crippen LogP contribution is -2.34. The Labute approximate surface area is 168 Å². The SMILES string of the molecule is CCN(C(=O)c1c[nH]c2c(c(C)nn2-c2ccc(C)cc2)c1=O)c1ccccc1. The molecule has 29 heavy (non-hydrogen) atoms. The summed E-state index contributed by atoms with van der Waals surface area (Å²) in [6.07, 6.45) is 1.49. The molecule has 0 radical (unpaired) electrons. The van der Waals surface area contributed by atoms with Gasteiger partial charge in [-0.2, -0.15) is 5.10 Å². The summed E-state index contributed by atoms with van der Waals surface area (Å²) in [5.74, 6) is -0.329. The molecule has 2 heterocycles. The highest BCUT2D eigenvalue weighted by Crippen LogP contribution is 2.20. The second-order valence-electron chi connectivity index (χ2n) is 6.97. The number of aromatic nitrogens is 3. The summed E-state index contributed by atoms with van der Waals surface area (Å²) >= 11 is 0. The third-order valence-electron chi connectivity index (χ3n) is 5.02. The fraction of sp³-hybridized carbons (Fsp3) is 0.174. The molecule has 1 N–H and O–H groups in total. The molecular formula is C23H22N4O2. The van der Waals surface area contributed by atoms with Gasteiger partial charge in [-0.1, -0.05) is 35.9 Å². The molecule has 0 bridgehead atoms. The van der Waals surface area contributed by atoms with Crippen LogP contribution in [0.1, 0.15) is 28.5 Å². The van der Waals surface area contributed by atoms with Crippen molar-refractivity contribution in [2.45, 2.75) is 20.8 Å². The lowest BCUT2D eigenvalue weighted by molar-refractivity contribution is 0.0987. The van der Waals surface area contributed by atoms with Gasteiger partial charge in [0.2, 0.25) is 5.43 Å². The van der Waals surface area contributed by atoms with E-state index in [4.69, 9.17) is 0 Å². The quantitative estimate of drug-likeness (QED) is 0.576. The summed E-state index contributed by atoms with van der Waals surface area (Å²) in [6, 6.07) is 17.2. The van der Waals surface area contributed by atoms with Crippen LogP contribution in [-0.2, 0) is 0 Å². The Balaban J connectivity index is 1.83. The standard InChI is InChI=1S/C23H22N4O2/c1-4-26(17-8-6-5-7-9-17)23(29)19-14-24-22-20(21(19)28)16(3)25-27(22)18-12-10-15(2)11-13-18/h5-14H,4H2,1-3H3,(H,24,28). The van der Waals surface area contributed by atoms with Gasteiger partial charge in [-0.25, -0.2) is 4.68 Å². The van der Waals surface area contributed by atoms with Crippen molar-refractivity contribution in [2.75, 3.05) is 11.4 Å². The minimum Gasteiger partial charge on any atom is -0.345 e. The third kappa shape index (κ3) is 3.23. The van der Waals surface area contributed by atoms with Crippen LogP contribution < -0.4 is 10.3 Å². The number of nitrogens with zero attached hydrogens (tertiary/aromatic N) is 3. The first-order valence-corrected chi connectivity index (χ1v) is 9.56. The summed E-state index contributed by atoms with van der Waals surface area (Å²) in [5.41, 5.74) is 3.71. The van der Waals surface area contributed by atoms with Crippen LogP contribution in [-0.4, -0.2) is 27.2 Å². The molecule has 0 spiro atoms. The molecule has 0 unspecified atom stereocenters. The second kappa shape index (κ2) is 7.39. The average Bonchev–Trinajstić information content (AvgIpc) is 3.07. The minimum atomic E-state index is -0.329. The molecule has 0 aliphatic carbocycles. The molecule has 0 saturated carbocycles. The van der Waals surface area contributed by atoms with Gasteiger partial charge >= 0.3 is 0 Å². The fourth-order valence-corrected chi connectivity index (χ4v) is 3.50. The number of carbonyl (C=O) groups excluding carboxylic acids is 1. The molecule has 1 amide bonds. The number of hydrogen-bond acceptors (Lipinski definition) is 3. The Hall–Kier alpha value is -3.67. The molecule has 6 nitrogen and oxygen atoms in total. The number of amides is 1. The molecule has 4 rings (SSSR count). The number of H-pyrrole nitrogens is 1. The van der Waals surface area contributed by atoms with Crippen molar-refractivity contribution in [2.24, 2.45) is 0 Å². The Kier molecular flexibility index (Phi) is 4.76. The molecule has 0 atom stereocenters. The summed E-state index contributed by atoms with van der Waals surface area (Å²) in [6.45, 7) is 6.15. The van der Waals surface area contributed by atoms with E-state index in [0.29, 0.717) is 23.3 Å².